The van der Waals surface area contributed by atoms with Gasteiger partial charge < -0.3 is 15.4 Å². The van der Waals surface area contributed by atoms with Gasteiger partial charge in [-0.05, 0) is 37.3 Å². The number of anilines is 2. The van der Waals surface area contributed by atoms with Gasteiger partial charge in [0.1, 0.15) is 23.8 Å². The number of benzene rings is 2. The number of ether oxygens (including phenoxy) is 1. The molecule has 0 aliphatic carbocycles. The summed E-state index contributed by atoms with van der Waals surface area (Å²) in [5.74, 6) is -0.0129. The zero-order valence-corrected chi connectivity index (χ0v) is 13.7. The van der Waals surface area contributed by atoms with Crippen LogP contribution in [0.25, 0.3) is 0 Å². The Morgan fingerprint density at radius 1 is 1.20 bits per heavy atom. The van der Waals surface area contributed by atoms with Crippen LogP contribution in [0.1, 0.15) is 6.92 Å². The minimum absolute atomic E-state index is 0.265. The highest BCUT2D eigenvalue weighted by molar-refractivity contribution is 5.97. The first-order valence-electron chi connectivity index (χ1n) is 7.98. The van der Waals surface area contributed by atoms with Gasteiger partial charge in [0.05, 0.1) is 12.3 Å². The number of amides is 1. The standard InChI is InChI=1S/C17H20FN5O2/c1-2-25-14-9-4-3-8-13(14)20-17(24)15-16(22-23-21-15)19-12-7-5-6-11(18)10-12/h3-10,15-16,19,21-23H,2H2,1H3,(H,20,24). The molecular formula is C17H20FN5O2. The molecule has 0 radical (unpaired) electrons. The van der Waals surface area contributed by atoms with Crippen LogP contribution in [-0.4, -0.2) is 24.7 Å². The predicted octanol–water partition coefficient (Wildman–Crippen LogP) is 1.58. The first-order valence-corrected chi connectivity index (χ1v) is 7.98. The maximum absolute atomic E-state index is 13.3. The lowest BCUT2D eigenvalue weighted by Gasteiger charge is -2.20. The summed E-state index contributed by atoms with van der Waals surface area (Å²) in [6.07, 6.45) is -0.471. The van der Waals surface area contributed by atoms with Gasteiger partial charge in [0.2, 0.25) is 5.91 Å². The average Bonchev–Trinajstić information content (AvgIpc) is 3.05. The van der Waals surface area contributed by atoms with Crippen LogP contribution in [0, 0.1) is 5.82 Å². The lowest BCUT2D eigenvalue weighted by Crippen LogP contribution is -2.48. The molecular weight excluding hydrogens is 325 g/mol. The van der Waals surface area contributed by atoms with Crippen molar-refractivity contribution in [3.05, 3.63) is 54.3 Å². The second-order valence-electron chi connectivity index (χ2n) is 5.44. The van der Waals surface area contributed by atoms with Gasteiger partial charge in [-0.2, -0.15) is 5.53 Å². The van der Waals surface area contributed by atoms with Gasteiger partial charge in [-0.25, -0.2) is 15.2 Å². The lowest BCUT2D eigenvalue weighted by atomic mass is 10.2. The van der Waals surface area contributed by atoms with Crippen LogP contribution >= 0.6 is 0 Å². The Hall–Kier alpha value is -2.68. The number of hydrogen-bond donors (Lipinski definition) is 5. The first kappa shape index (κ1) is 17.2. The zero-order valence-electron chi connectivity index (χ0n) is 13.7. The molecule has 1 aliphatic rings. The maximum atomic E-state index is 13.3. The fourth-order valence-electron chi connectivity index (χ4n) is 2.52. The Morgan fingerprint density at radius 2 is 2.04 bits per heavy atom. The third-order valence-electron chi connectivity index (χ3n) is 3.66. The summed E-state index contributed by atoms with van der Waals surface area (Å²) in [5, 5.41) is 5.91. The van der Waals surface area contributed by atoms with Crippen LogP contribution in [0.5, 0.6) is 5.75 Å². The third-order valence-corrected chi connectivity index (χ3v) is 3.66. The molecule has 2 aromatic carbocycles. The SMILES string of the molecule is CCOc1ccccc1NC(=O)C1NNNC1Nc1cccc(F)c1. The number of halogens is 1. The highest BCUT2D eigenvalue weighted by atomic mass is 19.1. The minimum Gasteiger partial charge on any atom is -0.492 e. The van der Waals surface area contributed by atoms with Gasteiger partial charge in [0, 0.05) is 5.69 Å². The highest BCUT2D eigenvalue weighted by Crippen LogP contribution is 2.24. The number of rotatable bonds is 6. The molecule has 7 nitrogen and oxygen atoms in total. The molecule has 5 N–H and O–H groups in total. The van der Waals surface area contributed by atoms with Crippen molar-refractivity contribution in [3.63, 3.8) is 0 Å². The summed E-state index contributed by atoms with van der Waals surface area (Å²) in [5.41, 5.74) is 9.61. The highest BCUT2D eigenvalue weighted by Gasteiger charge is 2.33. The molecule has 1 heterocycles. The molecule has 0 aromatic heterocycles. The quantitative estimate of drug-likeness (QED) is 0.547. The summed E-state index contributed by atoms with van der Waals surface area (Å²) in [7, 11) is 0. The molecule has 0 bridgehead atoms. The van der Waals surface area contributed by atoms with Crippen LogP contribution < -0.4 is 31.8 Å². The molecule has 0 saturated carbocycles. The number of carbonyl (C=O) groups is 1. The van der Waals surface area contributed by atoms with Gasteiger partial charge in [0.25, 0.3) is 0 Å². The number of nitrogens with one attached hydrogen (secondary N) is 5. The average molecular weight is 345 g/mol. The van der Waals surface area contributed by atoms with Gasteiger partial charge >= 0.3 is 0 Å². The van der Waals surface area contributed by atoms with Crippen LogP contribution in [0.15, 0.2) is 48.5 Å². The third kappa shape index (κ3) is 4.24. The fourth-order valence-corrected chi connectivity index (χ4v) is 2.52. The van der Waals surface area contributed by atoms with Gasteiger partial charge in [-0.1, -0.05) is 18.2 Å². The van der Waals surface area contributed by atoms with Crippen molar-refractivity contribution in [2.45, 2.75) is 19.1 Å². The van der Waals surface area contributed by atoms with E-state index >= 15 is 0 Å². The monoisotopic (exact) mass is 345 g/mol. The van der Waals surface area contributed by atoms with E-state index in [1.807, 2.05) is 19.1 Å². The summed E-state index contributed by atoms with van der Waals surface area (Å²) >= 11 is 0. The van der Waals surface area contributed by atoms with Crippen molar-refractivity contribution in [1.29, 1.82) is 0 Å². The Labute approximate surface area is 144 Å². The molecule has 0 spiro atoms. The molecule has 2 unspecified atom stereocenters. The van der Waals surface area contributed by atoms with Crippen molar-refractivity contribution < 1.29 is 13.9 Å². The molecule has 25 heavy (non-hydrogen) atoms. The Morgan fingerprint density at radius 3 is 2.84 bits per heavy atom. The molecule has 1 amide bonds. The van der Waals surface area contributed by atoms with E-state index in [0.29, 0.717) is 23.7 Å². The van der Waals surface area contributed by atoms with Crippen LogP contribution in [0.3, 0.4) is 0 Å². The fraction of sp³-hybridized carbons (Fsp3) is 0.235. The van der Waals surface area contributed by atoms with E-state index in [-0.39, 0.29) is 11.7 Å². The molecule has 1 saturated heterocycles. The smallest absolute Gasteiger partial charge is 0.246 e. The van der Waals surface area contributed by atoms with Crippen LogP contribution in [-0.2, 0) is 4.79 Å². The summed E-state index contributed by atoms with van der Waals surface area (Å²) < 4.78 is 18.8. The molecule has 3 rings (SSSR count). The summed E-state index contributed by atoms with van der Waals surface area (Å²) in [4.78, 5) is 12.6. The van der Waals surface area contributed by atoms with Crippen molar-refractivity contribution in [2.24, 2.45) is 0 Å². The molecule has 1 aliphatic heterocycles. The summed E-state index contributed by atoms with van der Waals surface area (Å²) in [6, 6.07) is 12.6. The molecule has 8 heteroatoms. The normalized spacial score (nSPS) is 19.4. The van der Waals surface area contributed by atoms with Crippen LogP contribution in [0.4, 0.5) is 15.8 Å². The number of hydrogen-bond acceptors (Lipinski definition) is 6. The van der Waals surface area contributed by atoms with Crippen LogP contribution in [0.2, 0.25) is 0 Å². The van der Waals surface area contributed by atoms with E-state index in [9.17, 15) is 9.18 Å². The second kappa shape index (κ2) is 7.93. The second-order valence-corrected chi connectivity index (χ2v) is 5.44. The van der Waals surface area contributed by atoms with E-state index in [0.717, 1.165) is 0 Å². The van der Waals surface area contributed by atoms with Gasteiger partial charge in [0.15, 0.2) is 0 Å². The Balaban J connectivity index is 1.69. The topological polar surface area (TPSA) is 86.5 Å². The Bertz CT molecular complexity index is 742. The Kier molecular flexibility index (Phi) is 5.44. The molecule has 1 fully saturated rings. The zero-order chi connectivity index (χ0) is 17.6. The van der Waals surface area contributed by atoms with E-state index < -0.39 is 12.2 Å². The molecule has 132 valence electrons. The summed E-state index contributed by atoms with van der Waals surface area (Å²) in [6.45, 7) is 2.38. The predicted molar refractivity (Wildman–Crippen MR) is 93.2 cm³/mol. The van der Waals surface area contributed by atoms with E-state index in [1.165, 1.54) is 12.1 Å². The molecule has 2 atom stereocenters. The number of para-hydroxylation sites is 2. The first-order chi connectivity index (χ1) is 12.2. The van der Waals surface area contributed by atoms with Crippen molar-refractivity contribution in [3.8, 4) is 5.75 Å². The van der Waals surface area contributed by atoms with E-state index in [4.69, 9.17) is 4.74 Å². The minimum atomic E-state index is -0.627. The van der Waals surface area contributed by atoms with Gasteiger partial charge in [-0.3, -0.25) is 4.79 Å². The van der Waals surface area contributed by atoms with Crippen molar-refractivity contribution in [2.75, 3.05) is 17.2 Å². The van der Waals surface area contributed by atoms with Gasteiger partial charge in [-0.15, -0.1) is 0 Å². The number of carbonyl (C=O) groups excluding carboxylic acids is 1. The maximum Gasteiger partial charge on any atom is 0.246 e. The van der Waals surface area contributed by atoms with E-state index in [1.54, 1.807) is 24.3 Å². The lowest BCUT2D eigenvalue weighted by molar-refractivity contribution is -0.118. The largest absolute Gasteiger partial charge is 0.492 e. The van der Waals surface area contributed by atoms with Crippen molar-refractivity contribution >= 4 is 17.3 Å². The van der Waals surface area contributed by atoms with E-state index in [2.05, 4.69) is 27.0 Å². The molecule has 2 aromatic rings. The van der Waals surface area contributed by atoms with Crippen molar-refractivity contribution in [1.82, 2.24) is 16.4 Å². The number of hydrazine groups is 2.